The van der Waals surface area contributed by atoms with Crippen LogP contribution >= 0.6 is 0 Å². The minimum atomic E-state index is 0.699. The van der Waals surface area contributed by atoms with Gasteiger partial charge in [0.15, 0.2) is 0 Å². The molecule has 0 radical (unpaired) electrons. The monoisotopic (exact) mass is 221 g/mol. The van der Waals surface area contributed by atoms with Gasteiger partial charge in [-0.25, -0.2) is 0 Å². The summed E-state index contributed by atoms with van der Waals surface area (Å²) in [6, 6.07) is 0. The van der Waals surface area contributed by atoms with E-state index in [1.165, 1.54) is 24.8 Å². The van der Waals surface area contributed by atoms with Crippen LogP contribution in [0.2, 0.25) is 0 Å². The summed E-state index contributed by atoms with van der Waals surface area (Å²) in [4.78, 5) is 0. The van der Waals surface area contributed by atoms with E-state index in [2.05, 4.69) is 30.6 Å². The number of aromatic nitrogens is 2. The summed E-state index contributed by atoms with van der Waals surface area (Å²) in [7, 11) is 4.06. The summed E-state index contributed by atoms with van der Waals surface area (Å²) in [6.07, 6.45) is 8.28. The van der Waals surface area contributed by atoms with E-state index in [9.17, 15) is 0 Å². The molecular weight excluding hydrogens is 198 g/mol. The standard InChI is InChI=1S/C13H23N3/c1-10-4-5-11(7-14-2)13(6-10)12-8-15-16(3)9-12/h8-11,13-14H,4-7H2,1-3H3. The molecule has 1 aliphatic rings. The Morgan fingerprint density at radius 3 is 2.94 bits per heavy atom. The largest absolute Gasteiger partial charge is 0.319 e. The van der Waals surface area contributed by atoms with Crippen LogP contribution < -0.4 is 5.32 Å². The summed E-state index contributed by atoms with van der Waals surface area (Å²) < 4.78 is 1.92. The van der Waals surface area contributed by atoms with Gasteiger partial charge >= 0.3 is 0 Å². The third-order valence-electron chi connectivity index (χ3n) is 3.87. The molecule has 1 aromatic rings. The van der Waals surface area contributed by atoms with Crippen LogP contribution in [0.25, 0.3) is 0 Å². The molecule has 0 saturated heterocycles. The van der Waals surface area contributed by atoms with Crippen molar-refractivity contribution in [2.45, 2.75) is 32.1 Å². The van der Waals surface area contributed by atoms with E-state index in [-0.39, 0.29) is 0 Å². The molecule has 90 valence electrons. The summed E-state index contributed by atoms with van der Waals surface area (Å²) in [6.45, 7) is 3.51. The molecule has 1 fully saturated rings. The van der Waals surface area contributed by atoms with Crippen molar-refractivity contribution < 1.29 is 0 Å². The highest BCUT2D eigenvalue weighted by molar-refractivity contribution is 5.14. The van der Waals surface area contributed by atoms with Gasteiger partial charge in [0.1, 0.15) is 0 Å². The normalized spacial score (nSPS) is 30.6. The highest BCUT2D eigenvalue weighted by atomic mass is 15.2. The van der Waals surface area contributed by atoms with Crippen LogP contribution in [0.1, 0.15) is 37.7 Å². The predicted molar refractivity (Wildman–Crippen MR) is 66.4 cm³/mol. The summed E-state index contributed by atoms with van der Waals surface area (Å²) in [5, 5.41) is 7.64. The van der Waals surface area contributed by atoms with Crippen LogP contribution in [0.4, 0.5) is 0 Å². The first kappa shape index (κ1) is 11.6. The van der Waals surface area contributed by atoms with Crippen LogP contribution in [-0.2, 0) is 7.05 Å². The lowest BCUT2D eigenvalue weighted by atomic mass is 9.72. The summed E-state index contributed by atoms with van der Waals surface area (Å²) in [5.74, 6) is 2.34. The lowest BCUT2D eigenvalue weighted by Gasteiger charge is -2.34. The van der Waals surface area contributed by atoms with E-state index < -0.39 is 0 Å². The number of hydrogen-bond donors (Lipinski definition) is 1. The minimum absolute atomic E-state index is 0.699. The topological polar surface area (TPSA) is 29.9 Å². The molecular formula is C13H23N3. The molecule has 3 atom stereocenters. The summed E-state index contributed by atoms with van der Waals surface area (Å²) in [5.41, 5.74) is 1.43. The van der Waals surface area contributed by atoms with E-state index in [0.29, 0.717) is 5.92 Å². The van der Waals surface area contributed by atoms with E-state index >= 15 is 0 Å². The van der Waals surface area contributed by atoms with Gasteiger partial charge in [0.05, 0.1) is 6.20 Å². The van der Waals surface area contributed by atoms with Gasteiger partial charge in [0.25, 0.3) is 0 Å². The van der Waals surface area contributed by atoms with Gasteiger partial charge in [-0.05, 0) is 49.8 Å². The maximum absolute atomic E-state index is 4.31. The first-order valence-corrected chi connectivity index (χ1v) is 6.34. The highest BCUT2D eigenvalue weighted by Gasteiger charge is 2.29. The maximum atomic E-state index is 4.31. The van der Waals surface area contributed by atoms with Gasteiger partial charge < -0.3 is 5.32 Å². The molecule has 0 aliphatic heterocycles. The Labute approximate surface area is 98.2 Å². The fraction of sp³-hybridized carbons (Fsp3) is 0.769. The first-order chi connectivity index (χ1) is 7.70. The molecule has 16 heavy (non-hydrogen) atoms. The van der Waals surface area contributed by atoms with Crippen molar-refractivity contribution in [3.05, 3.63) is 18.0 Å². The third kappa shape index (κ3) is 2.46. The fourth-order valence-corrected chi connectivity index (χ4v) is 2.99. The van der Waals surface area contributed by atoms with Crippen molar-refractivity contribution in [1.29, 1.82) is 0 Å². The Balaban J connectivity index is 2.13. The molecule has 0 amide bonds. The first-order valence-electron chi connectivity index (χ1n) is 6.34. The van der Waals surface area contributed by atoms with Crippen LogP contribution in [-0.4, -0.2) is 23.4 Å². The molecule has 0 spiro atoms. The van der Waals surface area contributed by atoms with Gasteiger partial charge in [-0.15, -0.1) is 0 Å². The summed E-state index contributed by atoms with van der Waals surface area (Å²) >= 11 is 0. The van der Waals surface area contributed by atoms with E-state index in [0.717, 1.165) is 18.4 Å². The number of rotatable bonds is 3. The third-order valence-corrected chi connectivity index (χ3v) is 3.87. The van der Waals surface area contributed by atoms with Crippen molar-refractivity contribution in [2.75, 3.05) is 13.6 Å². The molecule has 3 heteroatoms. The lowest BCUT2D eigenvalue weighted by molar-refractivity contribution is 0.245. The molecule has 0 aromatic carbocycles. The molecule has 1 heterocycles. The molecule has 2 rings (SSSR count). The highest BCUT2D eigenvalue weighted by Crippen LogP contribution is 2.39. The van der Waals surface area contributed by atoms with Crippen LogP contribution in [0.3, 0.4) is 0 Å². The van der Waals surface area contributed by atoms with Gasteiger partial charge in [0.2, 0.25) is 0 Å². The Morgan fingerprint density at radius 1 is 1.50 bits per heavy atom. The number of aryl methyl sites for hydroxylation is 1. The molecule has 3 unspecified atom stereocenters. The Hall–Kier alpha value is -0.830. The van der Waals surface area contributed by atoms with Gasteiger partial charge in [-0.2, -0.15) is 5.10 Å². The molecule has 1 N–H and O–H groups in total. The van der Waals surface area contributed by atoms with E-state index in [1.54, 1.807) is 0 Å². The second-order valence-corrected chi connectivity index (χ2v) is 5.29. The number of hydrogen-bond acceptors (Lipinski definition) is 2. The quantitative estimate of drug-likeness (QED) is 0.847. The molecule has 1 aliphatic carbocycles. The van der Waals surface area contributed by atoms with Crippen LogP contribution in [0.5, 0.6) is 0 Å². The van der Waals surface area contributed by atoms with Crippen molar-refractivity contribution in [3.8, 4) is 0 Å². The average molecular weight is 221 g/mol. The Morgan fingerprint density at radius 2 is 2.31 bits per heavy atom. The zero-order valence-electron chi connectivity index (χ0n) is 10.6. The minimum Gasteiger partial charge on any atom is -0.319 e. The molecule has 0 bridgehead atoms. The van der Waals surface area contributed by atoms with Crippen molar-refractivity contribution in [1.82, 2.24) is 15.1 Å². The Kier molecular flexibility index (Phi) is 3.64. The second-order valence-electron chi connectivity index (χ2n) is 5.29. The van der Waals surface area contributed by atoms with Crippen molar-refractivity contribution in [2.24, 2.45) is 18.9 Å². The maximum Gasteiger partial charge on any atom is 0.0524 e. The van der Waals surface area contributed by atoms with Gasteiger partial charge in [-0.3, -0.25) is 4.68 Å². The van der Waals surface area contributed by atoms with Gasteiger partial charge in [0, 0.05) is 13.2 Å². The van der Waals surface area contributed by atoms with Crippen molar-refractivity contribution >= 4 is 0 Å². The zero-order valence-corrected chi connectivity index (χ0v) is 10.6. The van der Waals surface area contributed by atoms with Crippen molar-refractivity contribution in [3.63, 3.8) is 0 Å². The van der Waals surface area contributed by atoms with Gasteiger partial charge in [-0.1, -0.05) is 13.3 Å². The predicted octanol–water partition coefficient (Wildman–Crippen LogP) is 2.16. The second kappa shape index (κ2) is 5.00. The Bertz CT molecular complexity index is 332. The average Bonchev–Trinajstić information content (AvgIpc) is 2.68. The van der Waals surface area contributed by atoms with E-state index in [1.807, 2.05) is 17.9 Å². The zero-order chi connectivity index (χ0) is 11.5. The number of nitrogens with one attached hydrogen (secondary N) is 1. The fourth-order valence-electron chi connectivity index (χ4n) is 2.99. The molecule has 1 saturated carbocycles. The van der Waals surface area contributed by atoms with Crippen LogP contribution in [0, 0.1) is 11.8 Å². The SMILES string of the molecule is CNCC1CCC(C)CC1c1cnn(C)c1. The smallest absolute Gasteiger partial charge is 0.0524 e. The lowest BCUT2D eigenvalue weighted by Crippen LogP contribution is -2.29. The number of nitrogens with zero attached hydrogens (tertiary/aromatic N) is 2. The molecule has 3 nitrogen and oxygen atoms in total. The molecule has 1 aromatic heterocycles. The van der Waals surface area contributed by atoms with Crippen LogP contribution in [0.15, 0.2) is 12.4 Å². The van der Waals surface area contributed by atoms with E-state index in [4.69, 9.17) is 0 Å².